The predicted octanol–water partition coefficient (Wildman–Crippen LogP) is 1.36. The van der Waals surface area contributed by atoms with E-state index in [9.17, 15) is 13.2 Å². The highest BCUT2D eigenvalue weighted by Gasteiger charge is 2.48. The number of sulfone groups is 1. The average Bonchev–Trinajstić information content (AvgIpc) is 2.85. The van der Waals surface area contributed by atoms with Crippen LogP contribution < -0.4 is 10.6 Å². The van der Waals surface area contributed by atoms with Crippen LogP contribution in [0.25, 0.3) is 0 Å². The fraction of sp³-hybridized carbons (Fsp3) is 0.733. The predicted molar refractivity (Wildman–Crippen MR) is 92.5 cm³/mol. The van der Waals surface area contributed by atoms with Crippen LogP contribution >= 0.6 is 11.3 Å². The van der Waals surface area contributed by atoms with Gasteiger partial charge in [0.1, 0.15) is 5.01 Å². The molecular weight excluding hydrogens is 334 g/mol. The Labute approximate surface area is 142 Å². The number of carbonyl (C=O) groups excluding carboxylic acids is 1. The van der Waals surface area contributed by atoms with E-state index in [1.807, 2.05) is 6.92 Å². The molecule has 1 aliphatic heterocycles. The molecule has 0 aliphatic carbocycles. The number of rotatable bonds is 5. The van der Waals surface area contributed by atoms with Crippen molar-refractivity contribution in [3.05, 3.63) is 15.6 Å². The minimum Gasteiger partial charge on any atom is -0.348 e. The van der Waals surface area contributed by atoms with E-state index < -0.39 is 20.5 Å². The molecule has 130 valence electrons. The maximum Gasteiger partial charge on any atom is 0.241 e. The Morgan fingerprint density at radius 1 is 1.39 bits per heavy atom. The molecule has 23 heavy (non-hydrogen) atoms. The smallest absolute Gasteiger partial charge is 0.241 e. The molecular formula is C15H25N3O3S2. The molecule has 1 fully saturated rings. The van der Waals surface area contributed by atoms with Crippen molar-refractivity contribution in [2.45, 2.75) is 50.8 Å². The van der Waals surface area contributed by atoms with E-state index in [1.165, 1.54) is 0 Å². The summed E-state index contributed by atoms with van der Waals surface area (Å²) in [5.41, 5.74) is 1.04. The summed E-state index contributed by atoms with van der Waals surface area (Å²) < 4.78 is 23.1. The highest BCUT2D eigenvalue weighted by atomic mass is 32.2. The van der Waals surface area contributed by atoms with E-state index in [-0.39, 0.29) is 6.54 Å². The third-order valence-corrected chi connectivity index (χ3v) is 7.36. The van der Waals surface area contributed by atoms with Gasteiger partial charge in [0.25, 0.3) is 0 Å². The molecule has 0 radical (unpaired) electrons. The molecule has 0 bridgehead atoms. The normalized spacial score (nSPS) is 18.1. The van der Waals surface area contributed by atoms with Crippen molar-refractivity contribution in [1.29, 1.82) is 0 Å². The summed E-state index contributed by atoms with van der Waals surface area (Å²) in [6, 6.07) is 0. The van der Waals surface area contributed by atoms with Crippen molar-refractivity contribution in [1.82, 2.24) is 15.6 Å². The van der Waals surface area contributed by atoms with Crippen molar-refractivity contribution in [2.75, 3.05) is 19.3 Å². The zero-order chi connectivity index (χ0) is 17.3. The fourth-order valence-corrected chi connectivity index (χ4v) is 5.37. The van der Waals surface area contributed by atoms with Gasteiger partial charge in [0.2, 0.25) is 5.91 Å². The lowest BCUT2D eigenvalue weighted by Gasteiger charge is -2.34. The Hall–Kier alpha value is -0.990. The molecule has 2 rings (SSSR count). The number of aromatic nitrogens is 1. The van der Waals surface area contributed by atoms with Gasteiger partial charge in [0.15, 0.2) is 14.6 Å². The lowest BCUT2D eigenvalue weighted by Crippen LogP contribution is -2.57. The second kappa shape index (κ2) is 6.86. The summed E-state index contributed by atoms with van der Waals surface area (Å²) in [5, 5.41) is 6.72. The molecule has 0 aromatic carbocycles. The van der Waals surface area contributed by atoms with E-state index in [0.29, 0.717) is 31.8 Å². The second-order valence-electron chi connectivity index (χ2n) is 6.40. The number of carbonyl (C=O) groups is 1. The van der Waals surface area contributed by atoms with E-state index in [1.54, 1.807) is 11.3 Å². The number of hydrogen-bond acceptors (Lipinski definition) is 6. The Morgan fingerprint density at radius 2 is 2.00 bits per heavy atom. The number of nitrogens with one attached hydrogen (secondary N) is 2. The molecule has 0 atom stereocenters. The third kappa shape index (κ3) is 3.75. The Kier molecular flexibility index (Phi) is 5.48. The summed E-state index contributed by atoms with van der Waals surface area (Å²) in [7, 11) is -3.48. The number of nitrogens with zero attached hydrogens (tertiary/aromatic N) is 1. The van der Waals surface area contributed by atoms with E-state index in [0.717, 1.165) is 21.8 Å². The quantitative estimate of drug-likeness (QED) is 0.829. The van der Waals surface area contributed by atoms with Crippen LogP contribution in [0.15, 0.2) is 0 Å². The van der Waals surface area contributed by atoms with Gasteiger partial charge in [-0.1, -0.05) is 13.8 Å². The van der Waals surface area contributed by atoms with Crippen LogP contribution in [0.5, 0.6) is 0 Å². The van der Waals surface area contributed by atoms with E-state index >= 15 is 0 Å². The van der Waals surface area contributed by atoms with E-state index in [4.69, 9.17) is 0 Å². The van der Waals surface area contributed by atoms with Crippen molar-refractivity contribution < 1.29 is 13.2 Å². The van der Waals surface area contributed by atoms with Crippen LogP contribution in [-0.4, -0.2) is 43.4 Å². The molecule has 1 saturated heterocycles. The third-order valence-electron chi connectivity index (χ3n) is 4.36. The summed E-state index contributed by atoms with van der Waals surface area (Å²) in [5.74, 6) is -0.0667. The molecule has 0 saturated carbocycles. The van der Waals surface area contributed by atoms with Gasteiger partial charge in [-0.25, -0.2) is 13.4 Å². The Balaban J connectivity index is 2.12. The molecule has 1 aromatic heterocycles. The van der Waals surface area contributed by atoms with Crippen molar-refractivity contribution in [3.8, 4) is 0 Å². The Morgan fingerprint density at radius 3 is 2.48 bits per heavy atom. The van der Waals surface area contributed by atoms with Crippen LogP contribution in [0.3, 0.4) is 0 Å². The molecule has 8 heteroatoms. The highest BCUT2D eigenvalue weighted by molar-refractivity contribution is 7.92. The molecule has 2 heterocycles. The molecule has 1 aliphatic rings. The van der Waals surface area contributed by atoms with Crippen LogP contribution in [0.2, 0.25) is 0 Å². The largest absolute Gasteiger partial charge is 0.348 e. The van der Waals surface area contributed by atoms with Crippen molar-refractivity contribution in [2.24, 2.45) is 0 Å². The van der Waals surface area contributed by atoms with E-state index in [2.05, 4.69) is 29.5 Å². The van der Waals surface area contributed by atoms with Crippen LogP contribution in [0.1, 0.15) is 48.2 Å². The minimum atomic E-state index is -3.48. The monoisotopic (exact) mass is 359 g/mol. The average molecular weight is 360 g/mol. The first-order valence-electron chi connectivity index (χ1n) is 7.82. The topological polar surface area (TPSA) is 88.2 Å². The van der Waals surface area contributed by atoms with Crippen molar-refractivity contribution >= 4 is 27.1 Å². The number of thiazole rings is 1. The lowest BCUT2D eigenvalue weighted by molar-refractivity contribution is -0.124. The standard InChI is InChI=1S/C15H25N3O3S2/c1-10(2)13-11(3)22-12(18-13)9-17-14(19)15(23(4,20)21)5-7-16-8-6-15/h10,16H,5-9H2,1-4H3,(H,17,19). The number of amides is 1. The van der Waals surface area contributed by atoms with Gasteiger partial charge in [-0.2, -0.15) is 0 Å². The summed E-state index contributed by atoms with van der Waals surface area (Å²) in [6.45, 7) is 7.53. The number of piperidine rings is 1. The van der Waals surface area contributed by atoms with Crippen LogP contribution in [0.4, 0.5) is 0 Å². The molecule has 6 nitrogen and oxygen atoms in total. The van der Waals surface area contributed by atoms with Gasteiger partial charge < -0.3 is 10.6 Å². The zero-order valence-corrected chi connectivity index (χ0v) is 15.7. The zero-order valence-electron chi connectivity index (χ0n) is 14.1. The second-order valence-corrected chi connectivity index (χ2v) is 10.0. The van der Waals surface area contributed by atoms with Crippen LogP contribution in [-0.2, 0) is 21.2 Å². The lowest BCUT2D eigenvalue weighted by atomic mass is 9.96. The molecule has 0 spiro atoms. The fourth-order valence-electron chi connectivity index (χ4n) is 2.99. The molecule has 0 unspecified atom stereocenters. The maximum absolute atomic E-state index is 12.6. The van der Waals surface area contributed by atoms with Gasteiger partial charge in [-0.05, 0) is 38.8 Å². The first kappa shape index (κ1) is 18.4. The summed E-state index contributed by atoms with van der Waals surface area (Å²) >= 11 is 1.55. The number of hydrogen-bond donors (Lipinski definition) is 2. The van der Waals surface area contributed by atoms with Gasteiger partial charge in [0, 0.05) is 11.1 Å². The minimum absolute atomic E-state index is 0.280. The SMILES string of the molecule is Cc1sc(CNC(=O)C2(S(C)(=O)=O)CCNCC2)nc1C(C)C. The summed E-state index contributed by atoms with van der Waals surface area (Å²) in [4.78, 5) is 18.3. The van der Waals surface area contributed by atoms with Gasteiger partial charge >= 0.3 is 0 Å². The highest BCUT2D eigenvalue weighted by Crippen LogP contribution is 2.29. The molecule has 1 aromatic rings. The maximum atomic E-state index is 12.6. The first-order chi connectivity index (χ1) is 10.7. The summed E-state index contributed by atoms with van der Waals surface area (Å²) in [6.07, 6.45) is 1.78. The molecule has 1 amide bonds. The molecule has 2 N–H and O–H groups in total. The Bertz CT molecular complexity index is 674. The van der Waals surface area contributed by atoms with Gasteiger partial charge in [-0.15, -0.1) is 11.3 Å². The van der Waals surface area contributed by atoms with Gasteiger partial charge in [-0.3, -0.25) is 4.79 Å². The van der Waals surface area contributed by atoms with Gasteiger partial charge in [0.05, 0.1) is 12.2 Å². The first-order valence-corrected chi connectivity index (χ1v) is 10.5. The van der Waals surface area contributed by atoms with Crippen LogP contribution in [0, 0.1) is 6.92 Å². The number of aryl methyl sites for hydroxylation is 1. The van der Waals surface area contributed by atoms with Crippen molar-refractivity contribution in [3.63, 3.8) is 0 Å².